The number of hydrogen-bond acceptors (Lipinski definition) is 4. The minimum Gasteiger partial charge on any atom is -0.490 e. The van der Waals surface area contributed by atoms with Crippen molar-refractivity contribution < 1.29 is 14.3 Å². The number of rotatable bonds is 5. The van der Waals surface area contributed by atoms with Gasteiger partial charge in [0.2, 0.25) is 0 Å². The number of hydrogen-bond donors (Lipinski definition) is 0. The normalized spacial score (nSPS) is 9.86. The summed E-state index contributed by atoms with van der Waals surface area (Å²) >= 11 is 0. The Labute approximate surface area is 82.6 Å². The average molecular weight is 198 g/mol. The van der Waals surface area contributed by atoms with E-state index in [0.29, 0.717) is 19.4 Å². The number of carbonyl (C=O) groups is 1. The predicted molar refractivity (Wildman–Crippen MR) is 50.0 cm³/mol. The van der Waals surface area contributed by atoms with Gasteiger partial charge in [-0.3, -0.25) is 9.48 Å². The second-order valence-corrected chi connectivity index (χ2v) is 2.88. The van der Waals surface area contributed by atoms with Crippen molar-refractivity contribution in [1.29, 1.82) is 0 Å². The molecule has 0 atom stereocenters. The van der Waals surface area contributed by atoms with Gasteiger partial charge in [-0.05, 0) is 6.42 Å². The Morgan fingerprint density at radius 1 is 1.64 bits per heavy atom. The highest BCUT2D eigenvalue weighted by molar-refractivity contribution is 5.68. The Bertz CT molecular complexity index is 296. The van der Waals surface area contributed by atoms with E-state index in [-0.39, 0.29) is 5.97 Å². The molecule has 78 valence electrons. The van der Waals surface area contributed by atoms with Crippen LogP contribution in [0.25, 0.3) is 0 Å². The summed E-state index contributed by atoms with van der Waals surface area (Å²) in [5.74, 6) is 0.511. The highest BCUT2D eigenvalue weighted by Crippen LogP contribution is 2.07. The van der Waals surface area contributed by atoms with Crippen molar-refractivity contribution in [2.75, 3.05) is 13.7 Å². The Morgan fingerprint density at radius 2 is 2.43 bits per heavy atom. The van der Waals surface area contributed by atoms with E-state index < -0.39 is 0 Å². The van der Waals surface area contributed by atoms with Gasteiger partial charge in [-0.15, -0.1) is 0 Å². The molecule has 0 bridgehead atoms. The van der Waals surface area contributed by atoms with Crippen LogP contribution in [0.2, 0.25) is 0 Å². The van der Waals surface area contributed by atoms with Crippen LogP contribution in [0.5, 0.6) is 5.75 Å². The van der Waals surface area contributed by atoms with Gasteiger partial charge in [-0.25, -0.2) is 0 Å². The number of aromatic nitrogens is 2. The van der Waals surface area contributed by atoms with E-state index in [4.69, 9.17) is 4.74 Å². The summed E-state index contributed by atoms with van der Waals surface area (Å²) in [5, 5.41) is 3.95. The molecule has 0 saturated heterocycles. The lowest BCUT2D eigenvalue weighted by molar-refractivity contribution is -0.140. The molecule has 1 rings (SSSR count). The lowest BCUT2D eigenvalue weighted by Crippen LogP contribution is -2.04. The van der Waals surface area contributed by atoms with E-state index in [1.54, 1.807) is 17.1 Å². The maximum Gasteiger partial charge on any atom is 0.305 e. The largest absolute Gasteiger partial charge is 0.490 e. The minimum absolute atomic E-state index is 0.209. The lowest BCUT2D eigenvalue weighted by atomic mass is 10.3. The molecule has 0 fully saturated rings. The van der Waals surface area contributed by atoms with E-state index in [2.05, 4.69) is 9.84 Å². The zero-order chi connectivity index (χ0) is 10.4. The monoisotopic (exact) mass is 198 g/mol. The molecule has 14 heavy (non-hydrogen) atoms. The number of methoxy groups -OCH3 is 1. The van der Waals surface area contributed by atoms with Crippen molar-refractivity contribution in [3.05, 3.63) is 12.4 Å². The Hall–Kier alpha value is -1.52. The molecule has 5 nitrogen and oxygen atoms in total. The number of aryl methyl sites for hydroxylation is 1. The molecule has 0 N–H and O–H groups in total. The molecule has 0 spiro atoms. The summed E-state index contributed by atoms with van der Waals surface area (Å²) in [4.78, 5) is 10.7. The van der Waals surface area contributed by atoms with Crippen molar-refractivity contribution >= 4 is 5.97 Å². The summed E-state index contributed by atoms with van der Waals surface area (Å²) < 4.78 is 11.5. The average Bonchev–Trinajstić information content (AvgIpc) is 2.58. The fourth-order valence-corrected chi connectivity index (χ4v) is 0.982. The van der Waals surface area contributed by atoms with Crippen LogP contribution in [0.1, 0.15) is 12.8 Å². The van der Waals surface area contributed by atoms with Gasteiger partial charge in [0, 0.05) is 13.5 Å². The summed E-state index contributed by atoms with van der Waals surface area (Å²) in [6, 6.07) is 0. The maximum atomic E-state index is 10.7. The van der Waals surface area contributed by atoms with Crippen molar-refractivity contribution in [1.82, 2.24) is 9.78 Å². The third-order valence-corrected chi connectivity index (χ3v) is 1.70. The number of carbonyl (C=O) groups excluding carboxylic acids is 1. The Kier molecular flexibility index (Phi) is 3.97. The van der Waals surface area contributed by atoms with Crippen LogP contribution in [0.15, 0.2) is 12.4 Å². The number of ether oxygens (including phenoxy) is 2. The Balaban J connectivity index is 2.13. The van der Waals surface area contributed by atoms with Crippen LogP contribution in [0, 0.1) is 0 Å². The summed E-state index contributed by atoms with van der Waals surface area (Å²) in [6.45, 7) is 0.501. The van der Waals surface area contributed by atoms with Crippen LogP contribution >= 0.6 is 0 Å². The first kappa shape index (κ1) is 10.6. The standard InChI is InChI=1S/C9H14N2O3/c1-11-7-8(6-10-11)14-5-3-4-9(12)13-2/h6-7H,3-5H2,1-2H3. The molecule has 0 aliphatic carbocycles. The van der Waals surface area contributed by atoms with Gasteiger partial charge < -0.3 is 9.47 Å². The first-order chi connectivity index (χ1) is 6.72. The van der Waals surface area contributed by atoms with Crippen molar-refractivity contribution in [3.8, 4) is 5.75 Å². The van der Waals surface area contributed by atoms with Crippen LogP contribution in [0.4, 0.5) is 0 Å². The third kappa shape index (κ3) is 3.47. The van der Waals surface area contributed by atoms with Crippen LogP contribution in [0.3, 0.4) is 0 Å². The molecule has 0 aliphatic heterocycles. The molecule has 1 heterocycles. The minimum atomic E-state index is -0.209. The Morgan fingerprint density at radius 3 is 3.00 bits per heavy atom. The van der Waals surface area contributed by atoms with Gasteiger partial charge in [0.1, 0.15) is 0 Å². The van der Waals surface area contributed by atoms with Gasteiger partial charge in [-0.2, -0.15) is 5.10 Å². The fourth-order valence-electron chi connectivity index (χ4n) is 0.982. The SMILES string of the molecule is COC(=O)CCCOc1cnn(C)c1. The fraction of sp³-hybridized carbons (Fsp3) is 0.556. The van der Waals surface area contributed by atoms with Gasteiger partial charge in [-0.1, -0.05) is 0 Å². The molecule has 0 radical (unpaired) electrons. The first-order valence-corrected chi connectivity index (χ1v) is 4.40. The third-order valence-electron chi connectivity index (χ3n) is 1.70. The zero-order valence-electron chi connectivity index (χ0n) is 8.40. The van der Waals surface area contributed by atoms with Gasteiger partial charge in [0.05, 0.1) is 26.1 Å². The molecule has 0 amide bonds. The molecule has 0 unspecified atom stereocenters. The van der Waals surface area contributed by atoms with E-state index in [0.717, 1.165) is 5.75 Å². The number of esters is 1. The number of nitrogens with zero attached hydrogens (tertiary/aromatic N) is 2. The van der Waals surface area contributed by atoms with Crippen LogP contribution < -0.4 is 4.74 Å². The molecule has 0 aromatic carbocycles. The second-order valence-electron chi connectivity index (χ2n) is 2.88. The van der Waals surface area contributed by atoms with E-state index in [1.807, 2.05) is 7.05 Å². The molecular weight excluding hydrogens is 184 g/mol. The van der Waals surface area contributed by atoms with E-state index in [1.165, 1.54) is 7.11 Å². The van der Waals surface area contributed by atoms with E-state index >= 15 is 0 Å². The zero-order valence-corrected chi connectivity index (χ0v) is 8.40. The molecule has 5 heteroatoms. The smallest absolute Gasteiger partial charge is 0.305 e. The summed E-state index contributed by atoms with van der Waals surface area (Å²) in [7, 11) is 3.20. The van der Waals surface area contributed by atoms with Crippen LogP contribution in [-0.2, 0) is 16.6 Å². The molecule has 1 aromatic rings. The van der Waals surface area contributed by atoms with Crippen LogP contribution in [-0.4, -0.2) is 29.5 Å². The van der Waals surface area contributed by atoms with Gasteiger partial charge in [0.15, 0.2) is 5.75 Å². The van der Waals surface area contributed by atoms with E-state index in [9.17, 15) is 4.79 Å². The van der Waals surface area contributed by atoms with Crippen molar-refractivity contribution in [2.24, 2.45) is 7.05 Å². The van der Waals surface area contributed by atoms with Gasteiger partial charge in [0.25, 0.3) is 0 Å². The van der Waals surface area contributed by atoms with Gasteiger partial charge >= 0.3 is 5.97 Å². The lowest BCUT2D eigenvalue weighted by Gasteiger charge is -2.01. The highest BCUT2D eigenvalue weighted by atomic mass is 16.5. The summed E-state index contributed by atoms with van der Waals surface area (Å²) in [6.07, 6.45) is 4.45. The molecule has 0 saturated carbocycles. The molecular formula is C9H14N2O3. The quantitative estimate of drug-likeness (QED) is 0.517. The molecule has 1 aromatic heterocycles. The van der Waals surface area contributed by atoms with Crippen molar-refractivity contribution in [2.45, 2.75) is 12.8 Å². The molecule has 0 aliphatic rings. The second kappa shape index (κ2) is 5.26. The first-order valence-electron chi connectivity index (χ1n) is 4.40. The topological polar surface area (TPSA) is 53.4 Å². The summed E-state index contributed by atoms with van der Waals surface area (Å²) in [5.41, 5.74) is 0. The predicted octanol–water partition coefficient (Wildman–Crippen LogP) is 0.752. The highest BCUT2D eigenvalue weighted by Gasteiger charge is 2.00. The van der Waals surface area contributed by atoms with Crippen molar-refractivity contribution in [3.63, 3.8) is 0 Å². The maximum absolute atomic E-state index is 10.7.